The maximum absolute atomic E-state index is 13.3. The van der Waals surface area contributed by atoms with Crippen LogP contribution in [0.1, 0.15) is 147 Å². The zero-order valence-corrected chi connectivity index (χ0v) is 32.0. The summed E-state index contributed by atoms with van der Waals surface area (Å²) < 4.78 is 6.28. The molecule has 1 aromatic carbocycles. The number of rotatable bonds is 5. The monoisotopic (exact) mass is 652 g/mol. The predicted molar refractivity (Wildman–Crippen MR) is 198 cm³/mol. The summed E-state index contributed by atoms with van der Waals surface area (Å²) in [5, 5.41) is 4.82. The summed E-state index contributed by atoms with van der Waals surface area (Å²) >= 11 is 0. The Morgan fingerprint density at radius 2 is 1.49 bits per heavy atom. The summed E-state index contributed by atoms with van der Waals surface area (Å²) in [4.78, 5) is 32.4. The molecule has 1 aliphatic carbocycles. The molecule has 2 aromatic heterocycles. The molecule has 1 aliphatic heterocycles. The number of amides is 1. The van der Waals surface area contributed by atoms with E-state index >= 15 is 0 Å². The van der Waals surface area contributed by atoms with Gasteiger partial charge in [0.25, 0.3) is 5.91 Å². The van der Waals surface area contributed by atoms with Gasteiger partial charge in [-0.15, -0.1) is 0 Å². The van der Waals surface area contributed by atoms with Gasteiger partial charge in [0, 0.05) is 56.5 Å². The van der Waals surface area contributed by atoms with Crippen molar-refractivity contribution in [1.82, 2.24) is 19.5 Å². The quantitative estimate of drug-likeness (QED) is 0.256. The summed E-state index contributed by atoms with van der Waals surface area (Å²) in [5.41, 5.74) is 6.40. The standard InChI is InChI=1S/C29H39N5O.C4H8O2.3C2H6/c1-20-10-9-11-21(2)27(20)32(5)26-19-23(22-12-14-29(3,4)15-13-22)30-25-18-24(31-34(25)26)28(35)33-16-7-6-8-17-33;1-3-6-4(2)5;3*1-2/h9-11,18-19,22H,6-8,12-17H2,1-5H3;3H2,1-2H3;3*1-2H3. The lowest BCUT2D eigenvalue weighted by molar-refractivity contribution is -0.140. The van der Waals surface area contributed by atoms with Crippen molar-refractivity contribution >= 4 is 29.0 Å². The van der Waals surface area contributed by atoms with E-state index in [9.17, 15) is 9.59 Å². The first-order chi connectivity index (χ1) is 22.5. The van der Waals surface area contributed by atoms with Crippen LogP contribution in [0.5, 0.6) is 0 Å². The minimum atomic E-state index is -0.211. The van der Waals surface area contributed by atoms with Crippen molar-refractivity contribution in [1.29, 1.82) is 0 Å². The molecule has 47 heavy (non-hydrogen) atoms. The van der Waals surface area contributed by atoms with Gasteiger partial charge in [-0.1, -0.05) is 73.6 Å². The van der Waals surface area contributed by atoms with Gasteiger partial charge in [0.15, 0.2) is 11.3 Å². The Bertz CT molecular complexity index is 1340. The summed E-state index contributed by atoms with van der Waals surface area (Å²) in [6.45, 7) is 26.3. The summed E-state index contributed by atoms with van der Waals surface area (Å²) in [7, 11) is 2.10. The van der Waals surface area contributed by atoms with Gasteiger partial charge in [-0.2, -0.15) is 9.61 Å². The predicted octanol–water partition coefficient (Wildman–Crippen LogP) is 10.1. The van der Waals surface area contributed by atoms with Crippen LogP contribution in [0.15, 0.2) is 30.3 Å². The highest BCUT2D eigenvalue weighted by Crippen LogP contribution is 2.43. The number of likely N-dealkylation sites (tertiary alicyclic amines) is 1. The molecule has 0 unspecified atom stereocenters. The number of para-hydroxylation sites is 1. The van der Waals surface area contributed by atoms with E-state index in [4.69, 9.17) is 10.1 Å². The fraction of sp³-hybridized carbons (Fsp3) is 0.641. The Morgan fingerprint density at radius 3 is 1.98 bits per heavy atom. The van der Waals surface area contributed by atoms with Gasteiger partial charge >= 0.3 is 5.97 Å². The van der Waals surface area contributed by atoms with Crippen molar-refractivity contribution in [2.45, 2.75) is 134 Å². The van der Waals surface area contributed by atoms with E-state index < -0.39 is 0 Å². The molecule has 1 amide bonds. The molecule has 0 radical (unpaired) electrons. The molecular formula is C39H65N5O3. The third-order valence-corrected chi connectivity index (χ3v) is 8.51. The average Bonchev–Trinajstić information content (AvgIpc) is 3.51. The van der Waals surface area contributed by atoms with Gasteiger partial charge in [0.2, 0.25) is 0 Å². The van der Waals surface area contributed by atoms with Crippen molar-refractivity contribution in [3.05, 3.63) is 52.8 Å². The first-order valence-electron chi connectivity index (χ1n) is 18.1. The maximum atomic E-state index is 13.3. The SMILES string of the molecule is CC.CC.CC.CCOC(C)=O.Cc1cccc(C)c1N(C)c1cc(C2CCC(C)(C)CC2)nc2cc(C(=O)N3CCCCC3)nn12. The zero-order valence-electron chi connectivity index (χ0n) is 32.0. The van der Waals surface area contributed by atoms with Crippen molar-refractivity contribution < 1.29 is 14.3 Å². The number of aromatic nitrogens is 3. The first-order valence-corrected chi connectivity index (χ1v) is 18.1. The molecule has 3 aromatic rings. The van der Waals surface area contributed by atoms with Crippen LogP contribution in [-0.4, -0.2) is 58.1 Å². The average molecular weight is 652 g/mol. The Hall–Kier alpha value is -3.42. The highest BCUT2D eigenvalue weighted by atomic mass is 16.5. The van der Waals surface area contributed by atoms with Crippen molar-refractivity contribution in [2.75, 3.05) is 31.6 Å². The van der Waals surface area contributed by atoms with Crippen LogP contribution >= 0.6 is 0 Å². The smallest absolute Gasteiger partial charge is 0.302 e. The molecule has 2 fully saturated rings. The number of carbonyl (C=O) groups is 2. The maximum Gasteiger partial charge on any atom is 0.302 e. The second kappa shape index (κ2) is 20.7. The highest BCUT2D eigenvalue weighted by Gasteiger charge is 2.30. The fourth-order valence-corrected chi connectivity index (χ4v) is 6.14. The Labute approximate surface area is 286 Å². The molecular weight excluding hydrogens is 586 g/mol. The van der Waals surface area contributed by atoms with Crippen LogP contribution in [0.4, 0.5) is 11.5 Å². The number of anilines is 2. The van der Waals surface area contributed by atoms with Crippen molar-refractivity contribution in [3.63, 3.8) is 0 Å². The molecule has 0 atom stereocenters. The third kappa shape index (κ3) is 11.7. The number of nitrogens with zero attached hydrogens (tertiary/aromatic N) is 5. The molecule has 0 N–H and O–H groups in total. The molecule has 5 rings (SSSR count). The number of hydrogen-bond donors (Lipinski definition) is 0. The van der Waals surface area contributed by atoms with E-state index in [1.54, 1.807) is 6.92 Å². The number of ether oxygens (including phenoxy) is 1. The largest absolute Gasteiger partial charge is 0.466 e. The van der Waals surface area contributed by atoms with Crippen molar-refractivity contribution in [3.8, 4) is 0 Å². The van der Waals surface area contributed by atoms with E-state index in [2.05, 4.69) is 68.6 Å². The third-order valence-electron chi connectivity index (χ3n) is 8.51. The number of fused-ring (bicyclic) bond motifs is 1. The molecule has 264 valence electrons. The normalized spacial score (nSPS) is 15.3. The van der Waals surface area contributed by atoms with E-state index in [1.165, 1.54) is 43.0 Å². The van der Waals surface area contributed by atoms with Crippen LogP contribution in [0.25, 0.3) is 5.65 Å². The number of piperidine rings is 1. The summed E-state index contributed by atoms with van der Waals surface area (Å²) in [6.07, 6.45) is 8.06. The Kier molecular flexibility index (Phi) is 18.4. The topological polar surface area (TPSA) is 80.0 Å². The van der Waals surface area contributed by atoms with E-state index in [1.807, 2.05) is 57.0 Å². The van der Waals surface area contributed by atoms with Gasteiger partial charge in [0.1, 0.15) is 5.82 Å². The lowest BCUT2D eigenvalue weighted by Crippen LogP contribution is -2.35. The van der Waals surface area contributed by atoms with Gasteiger partial charge < -0.3 is 14.5 Å². The molecule has 0 bridgehead atoms. The molecule has 8 heteroatoms. The highest BCUT2D eigenvalue weighted by molar-refractivity contribution is 5.93. The van der Waals surface area contributed by atoms with Gasteiger partial charge in [-0.25, -0.2) is 4.98 Å². The summed E-state index contributed by atoms with van der Waals surface area (Å²) in [6, 6.07) is 10.5. The number of esters is 1. The van der Waals surface area contributed by atoms with E-state index in [-0.39, 0.29) is 11.9 Å². The molecule has 1 saturated carbocycles. The first kappa shape index (κ1) is 41.6. The minimum Gasteiger partial charge on any atom is -0.466 e. The molecule has 3 heterocycles. The molecule has 8 nitrogen and oxygen atoms in total. The number of carbonyl (C=O) groups excluding carboxylic acids is 2. The van der Waals surface area contributed by atoms with Gasteiger partial charge in [0.05, 0.1) is 6.61 Å². The number of benzene rings is 1. The van der Waals surface area contributed by atoms with Crippen LogP contribution in [0, 0.1) is 19.3 Å². The minimum absolute atomic E-state index is 0.0249. The summed E-state index contributed by atoms with van der Waals surface area (Å²) in [5.74, 6) is 1.22. The second-order valence-corrected chi connectivity index (χ2v) is 12.4. The number of aryl methyl sites for hydroxylation is 2. The lowest BCUT2D eigenvalue weighted by Gasteiger charge is -2.34. The Balaban J connectivity index is 0.000000808. The number of hydrogen-bond acceptors (Lipinski definition) is 6. The van der Waals surface area contributed by atoms with E-state index in [0.717, 1.165) is 55.9 Å². The van der Waals surface area contributed by atoms with Gasteiger partial charge in [-0.3, -0.25) is 9.59 Å². The van der Waals surface area contributed by atoms with Crippen LogP contribution < -0.4 is 4.90 Å². The van der Waals surface area contributed by atoms with E-state index in [0.29, 0.717) is 23.6 Å². The zero-order chi connectivity index (χ0) is 35.7. The van der Waals surface area contributed by atoms with Crippen molar-refractivity contribution in [2.24, 2.45) is 5.41 Å². The van der Waals surface area contributed by atoms with Crippen LogP contribution in [0.2, 0.25) is 0 Å². The molecule has 1 saturated heterocycles. The lowest BCUT2D eigenvalue weighted by atomic mass is 9.72. The van der Waals surface area contributed by atoms with Gasteiger partial charge in [-0.05, 0) is 82.3 Å². The molecule has 2 aliphatic rings. The van der Waals surface area contributed by atoms with Crippen LogP contribution in [0.3, 0.4) is 0 Å². The molecule has 0 spiro atoms. The fourth-order valence-electron chi connectivity index (χ4n) is 6.14. The van der Waals surface area contributed by atoms with Crippen LogP contribution in [-0.2, 0) is 9.53 Å². The Morgan fingerprint density at radius 1 is 0.936 bits per heavy atom. The second-order valence-electron chi connectivity index (χ2n) is 12.4.